The van der Waals surface area contributed by atoms with E-state index in [1.54, 1.807) is 0 Å². The highest BCUT2D eigenvalue weighted by Crippen LogP contribution is 2.56. The maximum atomic E-state index is 11.7. The van der Waals surface area contributed by atoms with Crippen LogP contribution in [0.15, 0.2) is 12.2 Å². The molecule has 0 radical (unpaired) electrons. The minimum absolute atomic E-state index is 0.0129. The van der Waals surface area contributed by atoms with Gasteiger partial charge in [-0.1, -0.05) is 67.9 Å². The van der Waals surface area contributed by atoms with Crippen molar-refractivity contribution < 1.29 is 23.1 Å². The SMILES string of the molecule is C=C(C)C[C@@]1(C)O[C@@H]2CO[Si](C(C)(C)C)(C(C)(C)C)O[C@H]2[C@H](O[Si](C)(C)C(C)(C)C)[C@H]1O. The molecule has 2 rings (SSSR count). The van der Waals surface area contributed by atoms with Gasteiger partial charge < -0.3 is 23.1 Å². The maximum absolute atomic E-state index is 11.7. The lowest BCUT2D eigenvalue weighted by Gasteiger charge is -2.60. The summed E-state index contributed by atoms with van der Waals surface area (Å²) in [6.07, 6.45) is -1.38. The second-order valence-corrected chi connectivity index (χ2v) is 23.4. The summed E-state index contributed by atoms with van der Waals surface area (Å²) in [6, 6.07) is 0. The van der Waals surface area contributed by atoms with E-state index in [1.165, 1.54) is 0 Å². The van der Waals surface area contributed by atoms with Crippen molar-refractivity contribution >= 4 is 16.9 Å². The highest BCUT2D eigenvalue weighted by atomic mass is 28.4. The normalized spacial score (nSPS) is 34.2. The number of aliphatic hydroxyl groups is 1. The molecule has 5 atom stereocenters. The Morgan fingerprint density at radius 2 is 1.59 bits per heavy atom. The van der Waals surface area contributed by atoms with Crippen LogP contribution >= 0.6 is 0 Å². The molecule has 0 saturated carbocycles. The zero-order valence-electron chi connectivity index (χ0n) is 23.0. The Morgan fingerprint density at radius 1 is 1.09 bits per heavy atom. The number of fused-ring (bicyclic) bond motifs is 1. The van der Waals surface area contributed by atoms with Gasteiger partial charge >= 0.3 is 8.56 Å². The van der Waals surface area contributed by atoms with E-state index >= 15 is 0 Å². The first-order valence-electron chi connectivity index (χ1n) is 12.1. The van der Waals surface area contributed by atoms with Gasteiger partial charge in [-0.25, -0.2) is 0 Å². The third-order valence-corrected chi connectivity index (χ3v) is 17.3. The first-order valence-corrected chi connectivity index (χ1v) is 16.8. The third-order valence-electron chi connectivity index (χ3n) is 7.67. The summed E-state index contributed by atoms with van der Waals surface area (Å²) >= 11 is 0. The lowest BCUT2D eigenvalue weighted by atomic mass is 9.82. The molecule has 7 heteroatoms. The van der Waals surface area contributed by atoms with Crippen molar-refractivity contribution in [2.24, 2.45) is 0 Å². The Balaban J connectivity index is 2.57. The van der Waals surface area contributed by atoms with E-state index in [9.17, 15) is 5.11 Å². The summed E-state index contributed by atoms with van der Waals surface area (Å²) in [5.74, 6) is 0. The average molecular weight is 487 g/mol. The Morgan fingerprint density at radius 3 is 2.00 bits per heavy atom. The fraction of sp³-hybridized carbons (Fsp3) is 0.920. The average Bonchev–Trinajstić information content (AvgIpc) is 2.54. The summed E-state index contributed by atoms with van der Waals surface area (Å²) in [7, 11) is -4.93. The van der Waals surface area contributed by atoms with Crippen molar-refractivity contribution in [3.63, 3.8) is 0 Å². The molecule has 2 aliphatic rings. The first kappa shape index (κ1) is 28.2. The van der Waals surface area contributed by atoms with Crippen LogP contribution < -0.4 is 0 Å². The Hall–Kier alpha value is -0.0262. The molecule has 2 aliphatic heterocycles. The van der Waals surface area contributed by atoms with E-state index in [0.29, 0.717) is 13.0 Å². The van der Waals surface area contributed by atoms with Crippen LogP contribution in [0, 0.1) is 0 Å². The fourth-order valence-electron chi connectivity index (χ4n) is 5.22. The van der Waals surface area contributed by atoms with Gasteiger partial charge in [-0.3, -0.25) is 0 Å². The molecule has 1 N–H and O–H groups in total. The molecule has 0 aromatic carbocycles. The van der Waals surface area contributed by atoms with Crippen LogP contribution in [0.1, 0.15) is 82.6 Å². The van der Waals surface area contributed by atoms with E-state index in [1.807, 2.05) is 13.8 Å². The molecule has 0 aromatic heterocycles. The van der Waals surface area contributed by atoms with Crippen LogP contribution in [0.3, 0.4) is 0 Å². The molecule has 2 heterocycles. The lowest BCUT2D eigenvalue weighted by Crippen LogP contribution is -2.74. The molecule has 0 bridgehead atoms. The van der Waals surface area contributed by atoms with Crippen LogP contribution in [0.4, 0.5) is 0 Å². The molecular formula is C25H50O5Si2. The molecule has 188 valence electrons. The van der Waals surface area contributed by atoms with Gasteiger partial charge in [0.05, 0.1) is 12.2 Å². The van der Waals surface area contributed by atoms with Crippen molar-refractivity contribution in [1.29, 1.82) is 0 Å². The van der Waals surface area contributed by atoms with E-state index < -0.39 is 34.7 Å². The standard InChI is InChI=1S/C25H50O5Si2/c1-17(2)15-25(12)21(26)20(29-31(13,14)22(3,4)5)19-18(28-25)16-27-32(30-19,23(6,7)8)24(9,10)11/h18-21,26H,1,15-16H2,2-14H3/t18-,19-,20+,21-,25-/m1/s1. The largest absolute Gasteiger partial charge is 0.408 e. The third kappa shape index (κ3) is 5.00. The number of ether oxygens (including phenoxy) is 1. The smallest absolute Gasteiger partial charge is 0.349 e. The van der Waals surface area contributed by atoms with Crippen LogP contribution in [-0.2, 0) is 18.0 Å². The number of hydrogen-bond donors (Lipinski definition) is 1. The Kier molecular flexibility index (Phi) is 7.56. The highest BCUT2D eigenvalue weighted by molar-refractivity contribution is 6.74. The van der Waals surface area contributed by atoms with E-state index in [2.05, 4.69) is 82.0 Å². The Labute approximate surface area is 199 Å². The summed E-state index contributed by atoms with van der Waals surface area (Å²) in [5.41, 5.74) is 0.180. The van der Waals surface area contributed by atoms with Crippen molar-refractivity contribution in [2.45, 2.75) is 141 Å². The van der Waals surface area contributed by atoms with Crippen molar-refractivity contribution in [3.8, 4) is 0 Å². The highest BCUT2D eigenvalue weighted by Gasteiger charge is 2.66. The molecule has 32 heavy (non-hydrogen) atoms. The molecular weight excluding hydrogens is 436 g/mol. The summed E-state index contributed by atoms with van der Waals surface area (Å²) in [5, 5.41) is 11.4. The van der Waals surface area contributed by atoms with Crippen LogP contribution in [0.2, 0.25) is 28.2 Å². The monoisotopic (exact) mass is 486 g/mol. The topological polar surface area (TPSA) is 57.2 Å². The van der Waals surface area contributed by atoms with Crippen LogP contribution in [-0.4, -0.2) is 58.6 Å². The van der Waals surface area contributed by atoms with Crippen molar-refractivity contribution in [1.82, 2.24) is 0 Å². The molecule has 2 saturated heterocycles. The van der Waals surface area contributed by atoms with Crippen molar-refractivity contribution in [2.75, 3.05) is 6.61 Å². The zero-order valence-corrected chi connectivity index (χ0v) is 25.0. The van der Waals surface area contributed by atoms with Crippen LogP contribution in [0.5, 0.6) is 0 Å². The summed E-state index contributed by atoms with van der Waals surface area (Å²) in [4.78, 5) is 0. The molecule has 2 fully saturated rings. The molecule has 0 aliphatic carbocycles. The minimum atomic E-state index is -2.74. The molecule has 0 unspecified atom stereocenters. The quantitative estimate of drug-likeness (QED) is 0.372. The number of aliphatic hydroxyl groups excluding tert-OH is 1. The zero-order chi connectivity index (χ0) is 25.1. The fourth-order valence-corrected chi connectivity index (χ4v) is 11.5. The van der Waals surface area contributed by atoms with Gasteiger partial charge in [0.2, 0.25) is 0 Å². The summed E-state index contributed by atoms with van der Waals surface area (Å²) in [6.45, 7) is 32.9. The van der Waals surface area contributed by atoms with Gasteiger partial charge in [-0.15, -0.1) is 6.58 Å². The minimum Gasteiger partial charge on any atom is -0.408 e. The molecule has 0 amide bonds. The predicted octanol–water partition coefficient (Wildman–Crippen LogP) is 6.32. The Bertz CT molecular complexity index is 687. The van der Waals surface area contributed by atoms with Gasteiger partial charge in [0.25, 0.3) is 0 Å². The number of hydrogen-bond acceptors (Lipinski definition) is 5. The van der Waals surface area contributed by atoms with Gasteiger partial charge in [0.1, 0.15) is 24.4 Å². The van der Waals surface area contributed by atoms with Gasteiger partial charge in [-0.2, -0.15) is 0 Å². The second-order valence-electron chi connectivity index (χ2n) is 13.9. The van der Waals surface area contributed by atoms with Crippen LogP contribution in [0.25, 0.3) is 0 Å². The second kappa shape index (κ2) is 8.57. The van der Waals surface area contributed by atoms with E-state index in [-0.39, 0.29) is 27.3 Å². The van der Waals surface area contributed by atoms with Crippen molar-refractivity contribution in [3.05, 3.63) is 12.2 Å². The molecule has 0 spiro atoms. The number of rotatable bonds is 4. The van der Waals surface area contributed by atoms with Gasteiger partial charge in [0.15, 0.2) is 8.32 Å². The van der Waals surface area contributed by atoms with Gasteiger partial charge in [-0.05, 0) is 38.4 Å². The molecule has 0 aromatic rings. The summed E-state index contributed by atoms with van der Waals surface area (Å²) < 4.78 is 27.2. The maximum Gasteiger partial charge on any atom is 0.349 e. The molecule has 5 nitrogen and oxygen atoms in total. The van der Waals surface area contributed by atoms with E-state index in [0.717, 1.165) is 5.57 Å². The van der Waals surface area contributed by atoms with Gasteiger partial charge in [0, 0.05) is 10.1 Å². The lowest BCUT2D eigenvalue weighted by molar-refractivity contribution is -0.275. The predicted molar refractivity (Wildman–Crippen MR) is 137 cm³/mol. The first-order chi connectivity index (χ1) is 14.1. The van der Waals surface area contributed by atoms with E-state index in [4.69, 9.17) is 18.0 Å².